The molecule has 126 valence electrons. The van der Waals surface area contributed by atoms with Crippen LogP contribution in [-0.2, 0) is 9.53 Å². The molecule has 0 radical (unpaired) electrons. The zero-order valence-corrected chi connectivity index (χ0v) is 14.7. The minimum absolute atomic E-state index is 0.0816. The van der Waals surface area contributed by atoms with Crippen LogP contribution in [0.25, 0.3) is 0 Å². The van der Waals surface area contributed by atoms with Gasteiger partial charge in [0.1, 0.15) is 11.1 Å². The highest BCUT2D eigenvalue weighted by Crippen LogP contribution is 2.39. The maximum atomic E-state index is 12.5. The molecule has 0 aliphatic carbocycles. The molecule has 2 rings (SSSR count). The Morgan fingerprint density at radius 3 is 2.41 bits per heavy atom. The van der Waals surface area contributed by atoms with Crippen LogP contribution in [0.2, 0.25) is 0 Å². The normalized spacial score (nSPS) is 29.4. The molecule has 1 atom stereocenters. The number of rotatable bonds is 0. The van der Waals surface area contributed by atoms with Crippen LogP contribution in [0.3, 0.4) is 0 Å². The van der Waals surface area contributed by atoms with Crippen LogP contribution in [0.15, 0.2) is 0 Å². The van der Waals surface area contributed by atoms with Crippen molar-refractivity contribution in [3.8, 4) is 0 Å². The zero-order valence-electron chi connectivity index (χ0n) is 14.7. The number of hydrogen-bond donors (Lipinski definition) is 1. The number of amides is 2. The molecule has 2 heterocycles. The highest BCUT2D eigenvalue weighted by atomic mass is 16.6. The first-order valence-electron chi connectivity index (χ1n) is 7.98. The standard InChI is InChI=1S/C16H29N3O3/c1-14(2,3)22-13(21)19-9-7-16(11-15(19,4)5)12(20)17-8-10-18(16)6/h7-11H2,1-6H3,(H,17,20). The SMILES string of the molecule is CN1CCNC(=O)C12CCN(C(=O)OC(C)(C)C)C(C)(C)C2. The fraction of sp³-hybridized carbons (Fsp3) is 0.875. The summed E-state index contributed by atoms with van der Waals surface area (Å²) in [6.45, 7) is 11.7. The third-order valence-electron chi connectivity index (χ3n) is 4.70. The largest absolute Gasteiger partial charge is 0.444 e. The quantitative estimate of drug-likeness (QED) is 0.738. The lowest BCUT2D eigenvalue weighted by Gasteiger charge is -2.54. The number of nitrogens with one attached hydrogen (secondary N) is 1. The highest BCUT2D eigenvalue weighted by molar-refractivity contribution is 5.87. The summed E-state index contributed by atoms with van der Waals surface area (Å²) in [4.78, 5) is 28.8. The van der Waals surface area contributed by atoms with Gasteiger partial charge in [-0.2, -0.15) is 0 Å². The molecule has 0 aromatic carbocycles. The monoisotopic (exact) mass is 311 g/mol. The number of likely N-dealkylation sites (N-methyl/N-ethyl adjacent to an activating group) is 1. The Morgan fingerprint density at radius 2 is 1.91 bits per heavy atom. The van der Waals surface area contributed by atoms with Crippen LogP contribution < -0.4 is 5.32 Å². The Balaban J connectivity index is 2.19. The predicted molar refractivity (Wildman–Crippen MR) is 84.6 cm³/mol. The van der Waals surface area contributed by atoms with E-state index in [9.17, 15) is 9.59 Å². The average molecular weight is 311 g/mol. The van der Waals surface area contributed by atoms with Gasteiger partial charge in [0, 0.05) is 25.2 Å². The van der Waals surface area contributed by atoms with Crippen molar-refractivity contribution in [1.82, 2.24) is 15.1 Å². The Hall–Kier alpha value is -1.30. The van der Waals surface area contributed by atoms with Crippen LogP contribution in [0.1, 0.15) is 47.5 Å². The second-order valence-electron chi connectivity index (χ2n) is 8.08. The molecular weight excluding hydrogens is 282 g/mol. The van der Waals surface area contributed by atoms with Crippen LogP contribution in [-0.4, -0.2) is 65.2 Å². The lowest BCUT2D eigenvalue weighted by Crippen LogP contribution is -2.71. The van der Waals surface area contributed by atoms with E-state index in [1.165, 1.54) is 0 Å². The minimum Gasteiger partial charge on any atom is -0.444 e. The maximum absolute atomic E-state index is 12.5. The molecule has 2 fully saturated rings. The second-order valence-corrected chi connectivity index (χ2v) is 8.08. The van der Waals surface area contributed by atoms with Gasteiger partial charge in [0.15, 0.2) is 0 Å². The van der Waals surface area contributed by atoms with E-state index in [-0.39, 0.29) is 12.0 Å². The summed E-state index contributed by atoms with van der Waals surface area (Å²) in [7, 11) is 2.00. The number of carbonyl (C=O) groups excluding carboxylic acids is 2. The van der Waals surface area contributed by atoms with Crippen molar-refractivity contribution in [3.63, 3.8) is 0 Å². The lowest BCUT2D eigenvalue weighted by molar-refractivity contribution is -0.144. The van der Waals surface area contributed by atoms with E-state index in [0.717, 1.165) is 6.54 Å². The molecule has 2 aliphatic rings. The van der Waals surface area contributed by atoms with Crippen LogP contribution >= 0.6 is 0 Å². The summed E-state index contributed by atoms with van der Waals surface area (Å²) in [5.41, 5.74) is -1.45. The fourth-order valence-electron chi connectivity index (χ4n) is 3.56. The molecule has 2 saturated heterocycles. The molecule has 2 aliphatic heterocycles. The molecule has 1 spiro atoms. The first-order chi connectivity index (χ1) is 9.98. The molecule has 22 heavy (non-hydrogen) atoms. The Bertz CT molecular complexity index is 470. The summed E-state index contributed by atoms with van der Waals surface area (Å²) in [5.74, 6) is 0.0816. The number of piperidine rings is 1. The molecular formula is C16H29N3O3. The Labute approximate surface area is 133 Å². The van der Waals surface area contributed by atoms with Gasteiger partial charge in [-0.15, -0.1) is 0 Å². The van der Waals surface area contributed by atoms with Gasteiger partial charge in [-0.1, -0.05) is 0 Å². The van der Waals surface area contributed by atoms with E-state index in [1.807, 2.05) is 41.7 Å². The summed E-state index contributed by atoms with van der Waals surface area (Å²) in [6, 6.07) is 0. The predicted octanol–water partition coefficient (Wildman–Crippen LogP) is 1.60. The van der Waals surface area contributed by atoms with Gasteiger partial charge in [0.05, 0.1) is 0 Å². The van der Waals surface area contributed by atoms with Crippen molar-refractivity contribution in [2.24, 2.45) is 0 Å². The molecule has 6 nitrogen and oxygen atoms in total. The van der Waals surface area contributed by atoms with E-state index in [2.05, 4.69) is 10.2 Å². The van der Waals surface area contributed by atoms with Crippen LogP contribution in [0, 0.1) is 0 Å². The lowest BCUT2D eigenvalue weighted by atomic mass is 9.74. The third kappa shape index (κ3) is 3.07. The molecule has 2 amide bonds. The fourth-order valence-corrected chi connectivity index (χ4v) is 3.56. The number of likely N-dealkylation sites (tertiary alicyclic amines) is 1. The average Bonchev–Trinajstić information content (AvgIpc) is 2.32. The summed E-state index contributed by atoms with van der Waals surface area (Å²) < 4.78 is 5.52. The second kappa shape index (κ2) is 5.41. The van der Waals surface area contributed by atoms with Gasteiger partial charge >= 0.3 is 6.09 Å². The van der Waals surface area contributed by atoms with Crippen molar-refractivity contribution in [3.05, 3.63) is 0 Å². The van der Waals surface area contributed by atoms with Crippen LogP contribution in [0.5, 0.6) is 0 Å². The number of piperazine rings is 1. The topological polar surface area (TPSA) is 61.9 Å². The molecule has 0 saturated carbocycles. The van der Waals surface area contributed by atoms with Crippen LogP contribution in [0.4, 0.5) is 4.79 Å². The number of carbonyl (C=O) groups is 2. The van der Waals surface area contributed by atoms with Crippen molar-refractivity contribution in [2.75, 3.05) is 26.7 Å². The summed E-state index contributed by atoms with van der Waals surface area (Å²) in [6.07, 6.45) is 0.950. The van der Waals surface area contributed by atoms with E-state index in [4.69, 9.17) is 4.74 Å². The number of ether oxygens (including phenoxy) is 1. The van der Waals surface area contributed by atoms with Gasteiger partial charge in [-0.25, -0.2) is 4.79 Å². The van der Waals surface area contributed by atoms with Gasteiger partial charge in [-0.3, -0.25) is 9.69 Å². The van der Waals surface area contributed by atoms with Gasteiger partial charge < -0.3 is 15.0 Å². The van der Waals surface area contributed by atoms with E-state index in [0.29, 0.717) is 25.9 Å². The van der Waals surface area contributed by atoms with E-state index >= 15 is 0 Å². The first kappa shape index (κ1) is 17.1. The van der Waals surface area contributed by atoms with Crippen molar-refractivity contribution in [1.29, 1.82) is 0 Å². The van der Waals surface area contributed by atoms with Crippen molar-refractivity contribution < 1.29 is 14.3 Å². The minimum atomic E-state index is -0.514. The van der Waals surface area contributed by atoms with E-state index < -0.39 is 16.7 Å². The smallest absolute Gasteiger partial charge is 0.410 e. The summed E-state index contributed by atoms with van der Waals surface area (Å²) >= 11 is 0. The Kier molecular flexibility index (Phi) is 4.19. The number of nitrogens with zero attached hydrogens (tertiary/aromatic N) is 2. The molecule has 1 unspecified atom stereocenters. The summed E-state index contributed by atoms with van der Waals surface area (Å²) in [5, 5.41) is 2.98. The number of hydrogen-bond acceptors (Lipinski definition) is 4. The first-order valence-corrected chi connectivity index (χ1v) is 7.98. The molecule has 1 N–H and O–H groups in total. The van der Waals surface area contributed by atoms with Gasteiger partial charge in [-0.05, 0) is 54.5 Å². The van der Waals surface area contributed by atoms with Crippen molar-refractivity contribution >= 4 is 12.0 Å². The van der Waals surface area contributed by atoms with Crippen molar-refractivity contribution in [2.45, 2.75) is 64.1 Å². The third-order valence-corrected chi connectivity index (χ3v) is 4.70. The zero-order chi connectivity index (χ0) is 16.8. The molecule has 0 aromatic heterocycles. The molecule has 0 bridgehead atoms. The molecule has 0 aromatic rings. The van der Waals surface area contributed by atoms with Gasteiger partial charge in [0.25, 0.3) is 0 Å². The van der Waals surface area contributed by atoms with Gasteiger partial charge in [0.2, 0.25) is 5.91 Å². The maximum Gasteiger partial charge on any atom is 0.410 e. The molecule has 6 heteroatoms. The highest BCUT2D eigenvalue weighted by Gasteiger charge is 2.53. The van der Waals surface area contributed by atoms with E-state index in [1.54, 1.807) is 4.90 Å². The Morgan fingerprint density at radius 1 is 1.27 bits per heavy atom.